The average Bonchev–Trinajstić information content (AvgIpc) is 2.65. The van der Waals surface area contributed by atoms with Gasteiger partial charge >= 0.3 is 41.5 Å². The Balaban J connectivity index is 0.00000420. The van der Waals surface area contributed by atoms with Gasteiger partial charge in [0.2, 0.25) is 0 Å². The summed E-state index contributed by atoms with van der Waals surface area (Å²) in [5, 5.41) is 17.6. The minimum Gasteiger partial charge on any atom is -0.478 e. The molecule has 2 rings (SSSR count). The molecular weight excluding hydrogens is 439 g/mol. The van der Waals surface area contributed by atoms with Crippen LogP contribution in [0.5, 0.6) is 0 Å². The van der Waals surface area contributed by atoms with Crippen LogP contribution >= 0.6 is 0 Å². The van der Waals surface area contributed by atoms with Gasteiger partial charge in [-0.05, 0) is 48.5 Å². The number of carboxylic acids is 2. The first-order chi connectivity index (χ1) is 13.0. The van der Waals surface area contributed by atoms with Gasteiger partial charge in [0.25, 0.3) is 20.2 Å². The fourth-order valence-corrected chi connectivity index (χ4v) is 3.74. The second-order valence-corrected chi connectivity index (χ2v) is 8.44. The third kappa shape index (κ3) is 6.89. The molecule has 0 radical (unpaired) electrons. The molecule has 0 saturated carbocycles. The fourth-order valence-electron chi connectivity index (χ4n) is 1.95. The molecule has 0 aliphatic carbocycles. The van der Waals surface area contributed by atoms with Crippen molar-refractivity contribution in [1.82, 2.24) is 0 Å². The molecule has 0 aliphatic rings. The van der Waals surface area contributed by atoms with E-state index in [2.05, 4.69) is 8.37 Å². The van der Waals surface area contributed by atoms with Crippen molar-refractivity contribution < 1.29 is 74.6 Å². The van der Waals surface area contributed by atoms with Crippen molar-refractivity contribution in [2.45, 2.75) is 9.79 Å². The van der Waals surface area contributed by atoms with Gasteiger partial charge in [0.1, 0.15) is 0 Å². The zero-order valence-electron chi connectivity index (χ0n) is 15.0. The van der Waals surface area contributed by atoms with E-state index in [1.54, 1.807) is 0 Å². The number of benzene rings is 2. The topological polar surface area (TPSA) is 161 Å². The van der Waals surface area contributed by atoms with Crippen molar-refractivity contribution in [3.05, 3.63) is 59.7 Å². The van der Waals surface area contributed by atoms with Crippen molar-refractivity contribution in [2.24, 2.45) is 0 Å². The van der Waals surface area contributed by atoms with Crippen LogP contribution in [0.2, 0.25) is 0 Å². The summed E-state index contributed by atoms with van der Waals surface area (Å²) in [5.74, 6) is -2.44. The van der Waals surface area contributed by atoms with Crippen LogP contribution < -0.4 is 29.6 Å². The third-order valence-electron chi connectivity index (χ3n) is 3.34. The van der Waals surface area contributed by atoms with Gasteiger partial charge in [-0.15, -0.1) is 0 Å². The summed E-state index contributed by atoms with van der Waals surface area (Å²) in [7, 11) is -8.47. The van der Waals surface area contributed by atoms with E-state index in [0.29, 0.717) is 0 Å². The van der Waals surface area contributed by atoms with E-state index in [1.165, 1.54) is 0 Å². The number of carbonyl (C=O) groups is 2. The van der Waals surface area contributed by atoms with Crippen LogP contribution in [-0.2, 0) is 28.6 Å². The molecule has 0 bridgehead atoms. The Labute approximate surface area is 188 Å². The van der Waals surface area contributed by atoms with E-state index in [9.17, 15) is 26.4 Å². The summed E-state index contributed by atoms with van der Waals surface area (Å²) < 4.78 is 57.2. The van der Waals surface area contributed by atoms with Crippen LogP contribution in [0.3, 0.4) is 0 Å². The predicted molar refractivity (Wildman–Crippen MR) is 93.1 cm³/mol. The van der Waals surface area contributed by atoms with Crippen LogP contribution in [0, 0.1) is 0 Å². The van der Waals surface area contributed by atoms with E-state index >= 15 is 0 Å². The van der Waals surface area contributed by atoms with Gasteiger partial charge in [-0.1, -0.05) is 0 Å². The van der Waals surface area contributed by atoms with Gasteiger partial charge in [-0.3, -0.25) is 8.37 Å². The first-order valence-electron chi connectivity index (χ1n) is 7.48. The molecule has 0 heterocycles. The molecule has 0 atom stereocenters. The summed E-state index contributed by atoms with van der Waals surface area (Å²) in [6.07, 6.45) is 0. The molecular formula is C16H14NaO10S2+. The largest absolute Gasteiger partial charge is 1.00 e. The van der Waals surface area contributed by atoms with E-state index < -0.39 is 45.4 Å². The van der Waals surface area contributed by atoms with Crippen molar-refractivity contribution in [1.29, 1.82) is 0 Å². The normalized spacial score (nSPS) is 11.4. The van der Waals surface area contributed by atoms with Gasteiger partial charge in [0.05, 0.1) is 34.1 Å². The van der Waals surface area contributed by atoms with Crippen molar-refractivity contribution in [2.75, 3.05) is 13.2 Å². The molecule has 0 spiro atoms. The number of hydrogen-bond donors (Lipinski definition) is 2. The van der Waals surface area contributed by atoms with Crippen molar-refractivity contribution >= 4 is 32.2 Å². The van der Waals surface area contributed by atoms with Gasteiger partial charge in [-0.2, -0.15) is 16.8 Å². The van der Waals surface area contributed by atoms with E-state index in [0.717, 1.165) is 48.5 Å². The van der Waals surface area contributed by atoms with Crippen LogP contribution in [-0.4, -0.2) is 52.2 Å². The monoisotopic (exact) mass is 453 g/mol. The first kappa shape index (κ1) is 25.2. The molecule has 0 amide bonds. The molecule has 10 nitrogen and oxygen atoms in total. The maximum absolute atomic E-state index is 12.0. The Morgan fingerprint density at radius 2 is 0.931 bits per heavy atom. The van der Waals surface area contributed by atoms with E-state index in [4.69, 9.17) is 10.2 Å². The molecule has 150 valence electrons. The van der Waals surface area contributed by atoms with Gasteiger partial charge in [0.15, 0.2) is 0 Å². The van der Waals surface area contributed by atoms with Crippen LogP contribution in [0.25, 0.3) is 0 Å². The molecule has 13 heteroatoms. The zero-order valence-corrected chi connectivity index (χ0v) is 18.6. The standard InChI is InChI=1S/C16H14O10S2.Na/c17-15(18)11-1-5-13(6-2-11)27(21,22)25-9-10-26-28(23,24)14-7-3-12(4-8-14)16(19)20;/h1-8H,9-10H2,(H,17,18)(H,19,20);/q;+1. The van der Waals surface area contributed by atoms with Crippen molar-refractivity contribution in [3.63, 3.8) is 0 Å². The number of aromatic carboxylic acids is 2. The van der Waals surface area contributed by atoms with Gasteiger partial charge in [0, 0.05) is 0 Å². The molecule has 0 aliphatic heterocycles. The van der Waals surface area contributed by atoms with Crippen LogP contribution in [0.1, 0.15) is 20.7 Å². The van der Waals surface area contributed by atoms with Crippen LogP contribution in [0.4, 0.5) is 0 Å². The Bertz CT molecular complexity index is 986. The smallest absolute Gasteiger partial charge is 0.478 e. The molecule has 0 fully saturated rings. The summed E-state index contributed by atoms with van der Waals surface area (Å²) in [6.45, 7) is -1.23. The quantitative estimate of drug-likeness (QED) is 0.252. The second-order valence-electron chi connectivity index (χ2n) is 5.21. The summed E-state index contributed by atoms with van der Waals surface area (Å²) in [4.78, 5) is 20.9. The Hall–Kier alpha value is -1.80. The van der Waals surface area contributed by atoms with E-state index in [1.807, 2.05) is 0 Å². The zero-order chi connectivity index (χ0) is 20.9. The summed E-state index contributed by atoms with van der Waals surface area (Å²) in [5.41, 5.74) is -0.218. The molecule has 2 aromatic carbocycles. The Morgan fingerprint density at radius 3 is 1.17 bits per heavy atom. The number of rotatable bonds is 9. The SMILES string of the molecule is O=C(O)c1ccc(S(=O)(=O)OCCOS(=O)(=O)c2ccc(C(=O)O)cc2)cc1.[Na+]. The van der Waals surface area contributed by atoms with Gasteiger partial charge in [-0.25, -0.2) is 9.59 Å². The molecule has 2 aromatic rings. The summed E-state index contributed by atoms with van der Waals surface area (Å²) >= 11 is 0. The molecule has 0 saturated heterocycles. The van der Waals surface area contributed by atoms with E-state index in [-0.39, 0.29) is 50.5 Å². The maximum Gasteiger partial charge on any atom is 1.00 e. The minimum atomic E-state index is -4.23. The minimum absolute atomic E-state index is 0. The maximum atomic E-state index is 12.0. The summed E-state index contributed by atoms with van der Waals surface area (Å²) in [6, 6.07) is 8.50. The predicted octanol–water partition coefficient (Wildman–Crippen LogP) is -1.80. The van der Waals surface area contributed by atoms with Crippen LogP contribution in [0.15, 0.2) is 58.3 Å². The van der Waals surface area contributed by atoms with Crippen molar-refractivity contribution in [3.8, 4) is 0 Å². The van der Waals surface area contributed by atoms with Gasteiger partial charge < -0.3 is 10.2 Å². The fraction of sp³-hybridized carbons (Fsp3) is 0.125. The second kappa shape index (κ2) is 10.3. The number of hydrogen-bond acceptors (Lipinski definition) is 8. The first-order valence-corrected chi connectivity index (χ1v) is 10.3. The third-order valence-corrected chi connectivity index (χ3v) is 5.99. The Kier molecular flexibility index (Phi) is 8.96. The molecule has 0 aromatic heterocycles. The molecule has 2 N–H and O–H groups in total. The average molecular weight is 453 g/mol. The molecule has 29 heavy (non-hydrogen) atoms. The Morgan fingerprint density at radius 1 is 0.655 bits per heavy atom. The molecule has 0 unspecified atom stereocenters. The number of carboxylic acid groups (broad SMARTS) is 2.